The number of amides is 1. The van der Waals surface area contributed by atoms with E-state index in [4.69, 9.17) is 9.26 Å². The third-order valence-corrected chi connectivity index (χ3v) is 5.82. The molecule has 1 unspecified atom stereocenters. The molecule has 1 saturated heterocycles. The number of aromatic nitrogens is 4. The summed E-state index contributed by atoms with van der Waals surface area (Å²) in [5.41, 5.74) is 3.72. The van der Waals surface area contributed by atoms with Crippen molar-refractivity contribution >= 4 is 5.91 Å². The van der Waals surface area contributed by atoms with E-state index in [9.17, 15) is 4.79 Å². The average molecular weight is 429 g/mol. The Morgan fingerprint density at radius 2 is 1.91 bits per heavy atom. The molecule has 0 spiro atoms. The SMILES string of the molecule is COc1cc(C(=O)N2CCCC2c2cc(-c3ccccc3)on2)c(-n2nccn2)cc1C. The van der Waals surface area contributed by atoms with E-state index in [0.29, 0.717) is 29.3 Å². The summed E-state index contributed by atoms with van der Waals surface area (Å²) in [6.45, 7) is 2.57. The first kappa shape index (κ1) is 20.0. The second kappa shape index (κ2) is 8.30. The molecule has 5 rings (SSSR count). The molecule has 3 heterocycles. The largest absolute Gasteiger partial charge is 0.496 e. The summed E-state index contributed by atoms with van der Waals surface area (Å²) in [6, 6.07) is 15.2. The van der Waals surface area contributed by atoms with Crippen LogP contribution < -0.4 is 4.74 Å². The molecule has 0 saturated carbocycles. The number of rotatable bonds is 5. The zero-order chi connectivity index (χ0) is 22.1. The van der Waals surface area contributed by atoms with Gasteiger partial charge in [0.05, 0.1) is 36.8 Å². The van der Waals surface area contributed by atoms with Crippen molar-refractivity contribution in [3.8, 4) is 22.8 Å². The minimum Gasteiger partial charge on any atom is -0.496 e. The fourth-order valence-electron chi connectivity index (χ4n) is 4.23. The number of ether oxygens (including phenoxy) is 1. The number of benzene rings is 2. The summed E-state index contributed by atoms with van der Waals surface area (Å²) in [7, 11) is 1.60. The Balaban J connectivity index is 1.50. The molecule has 162 valence electrons. The van der Waals surface area contributed by atoms with Crippen LogP contribution in [0.25, 0.3) is 17.0 Å². The van der Waals surface area contributed by atoms with Gasteiger partial charge in [-0.1, -0.05) is 35.5 Å². The molecule has 32 heavy (non-hydrogen) atoms. The summed E-state index contributed by atoms with van der Waals surface area (Å²) in [5.74, 6) is 1.23. The predicted molar refractivity (Wildman–Crippen MR) is 118 cm³/mol. The van der Waals surface area contributed by atoms with Crippen LogP contribution in [0, 0.1) is 6.92 Å². The smallest absolute Gasteiger partial charge is 0.256 e. The van der Waals surface area contributed by atoms with Crippen LogP contribution in [0.5, 0.6) is 5.75 Å². The van der Waals surface area contributed by atoms with Gasteiger partial charge in [0, 0.05) is 18.2 Å². The third kappa shape index (κ3) is 3.53. The van der Waals surface area contributed by atoms with E-state index in [2.05, 4.69) is 15.4 Å². The van der Waals surface area contributed by atoms with Crippen LogP contribution in [0.1, 0.15) is 40.5 Å². The summed E-state index contributed by atoms with van der Waals surface area (Å²) in [6.07, 6.45) is 4.90. The fraction of sp³-hybridized carbons (Fsp3) is 0.250. The summed E-state index contributed by atoms with van der Waals surface area (Å²) < 4.78 is 11.1. The van der Waals surface area contributed by atoms with Crippen LogP contribution in [0.3, 0.4) is 0 Å². The highest BCUT2D eigenvalue weighted by molar-refractivity contribution is 5.98. The van der Waals surface area contributed by atoms with Crippen molar-refractivity contribution in [1.82, 2.24) is 25.1 Å². The molecule has 1 fully saturated rings. The standard InChI is InChI=1S/C24H23N5O3/c1-16-13-21(29-25-10-11-26-29)18(14-22(16)31-2)24(30)28-12-6-9-20(28)19-15-23(32-27-19)17-7-4-3-5-8-17/h3-5,7-8,10-11,13-15,20H,6,9,12H2,1-2H3. The lowest BCUT2D eigenvalue weighted by Gasteiger charge is -2.24. The van der Waals surface area contributed by atoms with Crippen LogP contribution >= 0.6 is 0 Å². The molecule has 0 aliphatic carbocycles. The lowest BCUT2D eigenvalue weighted by molar-refractivity contribution is 0.0730. The van der Waals surface area contributed by atoms with Crippen molar-refractivity contribution in [3.05, 3.63) is 77.7 Å². The Labute approximate surface area is 185 Å². The van der Waals surface area contributed by atoms with Crippen LogP contribution in [-0.4, -0.2) is 44.6 Å². The van der Waals surface area contributed by atoms with Gasteiger partial charge in [-0.25, -0.2) is 0 Å². The van der Waals surface area contributed by atoms with E-state index in [-0.39, 0.29) is 11.9 Å². The molecule has 0 N–H and O–H groups in total. The third-order valence-electron chi connectivity index (χ3n) is 5.82. The maximum Gasteiger partial charge on any atom is 0.256 e. The Morgan fingerprint density at radius 1 is 1.12 bits per heavy atom. The topological polar surface area (TPSA) is 86.3 Å². The number of aryl methyl sites for hydroxylation is 1. The predicted octanol–water partition coefficient (Wildman–Crippen LogP) is 4.22. The summed E-state index contributed by atoms with van der Waals surface area (Å²) >= 11 is 0. The van der Waals surface area contributed by atoms with Gasteiger partial charge >= 0.3 is 0 Å². The van der Waals surface area contributed by atoms with Crippen molar-refractivity contribution in [2.75, 3.05) is 13.7 Å². The van der Waals surface area contributed by atoms with E-state index in [1.807, 2.05) is 54.3 Å². The zero-order valence-corrected chi connectivity index (χ0v) is 17.9. The highest BCUT2D eigenvalue weighted by Crippen LogP contribution is 2.36. The number of carbonyl (C=O) groups is 1. The van der Waals surface area contributed by atoms with Crippen molar-refractivity contribution in [1.29, 1.82) is 0 Å². The van der Waals surface area contributed by atoms with Gasteiger partial charge in [0.25, 0.3) is 5.91 Å². The number of nitrogens with zero attached hydrogens (tertiary/aromatic N) is 5. The molecule has 8 heteroatoms. The second-order valence-electron chi connectivity index (χ2n) is 7.80. The molecule has 2 aromatic carbocycles. The lowest BCUT2D eigenvalue weighted by Crippen LogP contribution is -2.31. The zero-order valence-electron chi connectivity index (χ0n) is 17.9. The molecule has 1 aliphatic heterocycles. The molecule has 8 nitrogen and oxygen atoms in total. The van der Waals surface area contributed by atoms with Crippen molar-refractivity contribution in [2.45, 2.75) is 25.8 Å². The van der Waals surface area contributed by atoms with E-state index >= 15 is 0 Å². The molecule has 1 atom stereocenters. The minimum atomic E-state index is -0.158. The normalized spacial score (nSPS) is 15.8. The molecule has 1 amide bonds. The van der Waals surface area contributed by atoms with Gasteiger partial charge in [0.2, 0.25) is 0 Å². The van der Waals surface area contributed by atoms with E-state index < -0.39 is 0 Å². The molecule has 0 bridgehead atoms. The van der Waals surface area contributed by atoms with Gasteiger partial charge in [0.1, 0.15) is 11.4 Å². The molecule has 1 aliphatic rings. The van der Waals surface area contributed by atoms with Gasteiger partial charge in [-0.3, -0.25) is 4.79 Å². The number of hydrogen-bond acceptors (Lipinski definition) is 6. The van der Waals surface area contributed by atoms with Gasteiger partial charge in [-0.2, -0.15) is 15.0 Å². The Morgan fingerprint density at radius 3 is 2.66 bits per heavy atom. The highest BCUT2D eigenvalue weighted by atomic mass is 16.5. The second-order valence-corrected chi connectivity index (χ2v) is 7.80. The molecule has 0 radical (unpaired) electrons. The summed E-state index contributed by atoms with van der Waals surface area (Å²) in [5, 5.41) is 12.8. The van der Waals surface area contributed by atoms with E-state index in [1.54, 1.807) is 25.6 Å². The van der Waals surface area contributed by atoms with Crippen LogP contribution in [0.2, 0.25) is 0 Å². The Kier molecular flexibility index (Phi) is 5.18. The number of hydrogen-bond donors (Lipinski definition) is 0. The average Bonchev–Trinajstić information content (AvgIpc) is 3.60. The quantitative estimate of drug-likeness (QED) is 0.472. The van der Waals surface area contributed by atoms with Gasteiger partial charge in [-0.05, 0) is 37.5 Å². The first-order valence-corrected chi connectivity index (χ1v) is 10.5. The van der Waals surface area contributed by atoms with Gasteiger partial charge in [-0.15, -0.1) is 0 Å². The van der Waals surface area contributed by atoms with Crippen molar-refractivity contribution in [2.24, 2.45) is 0 Å². The lowest BCUT2D eigenvalue weighted by atomic mass is 10.1. The first-order valence-electron chi connectivity index (χ1n) is 10.5. The highest BCUT2D eigenvalue weighted by Gasteiger charge is 2.34. The van der Waals surface area contributed by atoms with E-state index in [0.717, 1.165) is 29.7 Å². The Hall–Kier alpha value is -3.94. The maximum atomic E-state index is 13.7. The van der Waals surface area contributed by atoms with Gasteiger partial charge in [0.15, 0.2) is 5.76 Å². The molecular formula is C24H23N5O3. The van der Waals surface area contributed by atoms with Crippen molar-refractivity contribution < 1.29 is 14.1 Å². The molecular weight excluding hydrogens is 406 g/mol. The van der Waals surface area contributed by atoms with Crippen LogP contribution in [0.15, 0.2) is 65.4 Å². The number of carbonyl (C=O) groups excluding carboxylic acids is 1. The fourth-order valence-corrected chi connectivity index (χ4v) is 4.23. The Bertz CT molecular complexity index is 1230. The summed E-state index contributed by atoms with van der Waals surface area (Å²) in [4.78, 5) is 17.1. The van der Waals surface area contributed by atoms with Gasteiger partial charge < -0.3 is 14.2 Å². The van der Waals surface area contributed by atoms with Crippen molar-refractivity contribution in [3.63, 3.8) is 0 Å². The number of methoxy groups -OCH3 is 1. The number of likely N-dealkylation sites (tertiary alicyclic amines) is 1. The minimum absolute atomic E-state index is 0.109. The monoisotopic (exact) mass is 429 g/mol. The molecule has 2 aromatic heterocycles. The van der Waals surface area contributed by atoms with E-state index in [1.165, 1.54) is 4.80 Å². The van der Waals surface area contributed by atoms with Crippen LogP contribution in [-0.2, 0) is 0 Å². The molecule has 4 aromatic rings. The van der Waals surface area contributed by atoms with Crippen LogP contribution in [0.4, 0.5) is 0 Å². The maximum absolute atomic E-state index is 13.7. The first-order chi connectivity index (χ1) is 15.7.